The minimum Gasteiger partial charge on any atom is -0.497 e. The molecule has 2 fully saturated rings. The summed E-state index contributed by atoms with van der Waals surface area (Å²) in [6.45, 7) is 10.2. The molecule has 0 spiro atoms. The number of likely N-dealkylation sites (tertiary alicyclic amines) is 1. The Hall–Kier alpha value is -1.96. The number of hydrogen-bond donors (Lipinski definition) is 0. The van der Waals surface area contributed by atoms with Gasteiger partial charge in [0.15, 0.2) is 0 Å². The van der Waals surface area contributed by atoms with Crippen molar-refractivity contribution in [2.45, 2.75) is 32.2 Å². The molecule has 1 aromatic heterocycles. The molecule has 7 nitrogen and oxygen atoms in total. The molecule has 0 aliphatic carbocycles. The van der Waals surface area contributed by atoms with Crippen LogP contribution in [0.5, 0.6) is 5.75 Å². The molecule has 7 heteroatoms. The summed E-state index contributed by atoms with van der Waals surface area (Å²) in [7, 11) is 1.66. The number of piperazine rings is 1. The van der Waals surface area contributed by atoms with Crippen molar-refractivity contribution < 1.29 is 9.26 Å². The number of ether oxygens (including phenoxy) is 1. The van der Waals surface area contributed by atoms with Crippen LogP contribution in [0.4, 0.5) is 0 Å². The first kappa shape index (κ1) is 20.3. The first-order chi connectivity index (χ1) is 14.3. The van der Waals surface area contributed by atoms with Gasteiger partial charge in [-0.3, -0.25) is 4.90 Å². The molecule has 0 atom stereocenters. The number of hydrogen-bond acceptors (Lipinski definition) is 7. The number of rotatable bonds is 8. The van der Waals surface area contributed by atoms with E-state index in [-0.39, 0.29) is 0 Å². The SMILES string of the molecule is COc1ccc(-c2noc(CN3CCN(CCCN4CCCCC4)CC3)n2)cc1. The van der Waals surface area contributed by atoms with Gasteiger partial charge in [0.25, 0.3) is 0 Å². The van der Waals surface area contributed by atoms with Crippen LogP contribution in [-0.2, 0) is 6.54 Å². The molecule has 2 aliphatic rings. The first-order valence-corrected chi connectivity index (χ1v) is 10.9. The van der Waals surface area contributed by atoms with Gasteiger partial charge < -0.3 is 19.1 Å². The molecule has 0 unspecified atom stereocenters. The van der Waals surface area contributed by atoms with Gasteiger partial charge in [-0.25, -0.2) is 0 Å². The van der Waals surface area contributed by atoms with E-state index in [0.717, 1.165) is 44.0 Å². The second-order valence-electron chi connectivity index (χ2n) is 8.11. The molecule has 2 saturated heterocycles. The van der Waals surface area contributed by atoms with Gasteiger partial charge in [0.1, 0.15) is 5.75 Å². The van der Waals surface area contributed by atoms with Crippen molar-refractivity contribution in [2.75, 3.05) is 59.5 Å². The molecule has 3 heterocycles. The smallest absolute Gasteiger partial charge is 0.241 e. The summed E-state index contributed by atoms with van der Waals surface area (Å²) in [5, 5.41) is 4.14. The third-order valence-corrected chi connectivity index (χ3v) is 6.04. The zero-order chi connectivity index (χ0) is 19.9. The zero-order valence-electron chi connectivity index (χ0n) is 17.6. The van der Waals surface area contributed by atoms with E-state index in [1.165, 1.54) is 51.9 Å². The Morgan fingerprint density at radius 3 is 2.21 bits per heavy atom. The number of benzene rings is 1. The highest BCUT2D eigenvalue weighted by molar-refractivity contribution is 5.55. The highest BCUT2D eigenvalue weighted by atomic mass is 16.5. The van der Waals surface area contributed by atoms with Crippen LogP contribution < -0.4 is 4.74 Å². The molecular weight excluding hydrogens is 366 g/mol. The summed E-state index contributed by atoms with van der Waals surface area (Å²) >= 11 is 0. The second-order valence-corrected chi connectivity index (χ2v) is 8.11. The molecule has 4 rings (SSSR count). The molecule has 0 radical (unpaired) electrons. The van der Waals surface area contributed by atoms with Crippen molar-refractivity contribution in [3.05, 3.63) is 30.2 Å². The number of aromatic nitrogens is 2. The van der Waals surface area contributed by atoms with Crippen LogP contribution in [0.25, 0.3) is 11.4 Å². The third-order valence-electron chi connectivity index (χ3n) is 6.04. The topological polar surface area (TPSA) is 57.9 Å². The highest BCUT2D eigenvalue weighted by Crippen LogP contribution is 2.20. The van der Waals surface area contributed by atoms with Crippen LogP contribution in [0, 0.1) is 0 Å². The average molecular weight is 400 g/mol. The van der Waals surface area contributed by atoms with Crippen LogP contribution in [-0.4, -0.2) is 84.3 Å². The lowest BCUT2D eigenvalue weighted by molar-refractivity contribution is 0.111. The predicted octanol–water partition coefficient (Wildman–Crippen LogP) is 2.74. The standard InChI is InChI=1S/C22H33N5O2/c1-28-20-8-6-19(7-9-20)22-23-21(29-24-22)18-27-16-14-26(15-17-27)13-5-12-25-10-3-2-4-11-25/h6-9H,2-5,10-18H2,1H3. The Labute approximate surface area is 173 Å². The van der Waals surface area contributed by atoms with Crippen LogP contribution in [0.15, 0.2) is 28.8 Å². The minimum atomic E-state index is 0.638. The highest BCUT2D eigenvalue weighted by Gasteiger charge is 2.20. The van der Waals surface area contributed by atoms with Gasteiger partial charge in [-0.15, -0.1) is 0 Å². The van der Waals surface area contributed by atoms with Crippen LogP contribution >= 0.6 is 0 Å². The molecule has 0 N–H and O–H groups in total. The number of piperidine rings is 1. The maximum atomic E-state index is 5.48. The van der Waals surface area contributed by atoms with Crippen LogP contribution in [0.3, 0.4) is 0 Å². The molecular formula is C22H33N5O2. The zero-order valence-corrected chi connectivity index (χ0v) is 17.6. The Kier molecular flexibility index (Phi) is 7.14. The summed E-state index contributed by atoms with van der Waals surface area (Å²) in [5.41, 5.74) is 0.944. The Balaban J connectivity index is 1.18. The predicted molar refractivity (Wildman–Crippen MR) is 113 cm³/mol. The summed E-state index contributed by atoms with van der Waals surface area (Å²) in [6, 6.07) is 7.73. The lowest BCUT2D eigenvalue weighted by Gasteiger charge is -2.34. The molecule has 158 valence electrons. The lowest BCUT2D eigenvalue weighted by atomic mass is 10.1. The van der Waals surface area contributed by atoms with Gasteiger partial charge in [-0.2, -0.15) is 4.98 Å². The van der Waals surface area contributed by atoms with Gasteiger partial charge in [0.05, 0.1) is 13.7 Å². The van der Waals surface area contributed by atoms with E-state index in [4.69, 9.17) is 9.26 Å². The Morgan fingerprint density at radius 1 is 0.862 bits per heavy atom. The summed E-state index contributed by atoms with van der Waals surface area (Å²) in [4.78, 5) is 12.2. The second kappa shape index (κ2) is 10.2. The van der Waals surface area contributed by atoms with Crippen molar-refractivity contribution >= 4 is 0 Å². The van der Waals surface area contributed by atoms with Gasteiger partial charge in [0.2, 0.25) is 11.7 Å². The molecule has 2 aliphatic heterocycles. The summed E-state index contributed by atoms with van der Waals surface area (Å²) in [6.07, 6.45) is 5.47. The van der Waals surface area contributed by atoms with E-state index in [1.807, 2.05) is 24.3 Å². The monoisotopic (exact) mass is 399 g/mol. The van der Waals surface area contributed by atoms with E-state index in [9.17, 15) is 0 Å². The van der Waals surface area contributed by atoms with Crippen LogP contribution in [0.2, 0.25) is 0 Å². The van der Waals surface area contributed by atoms with Gasteiger partial charge in [-0.05, 0) is 69.7 Å². The van der Waals surface area contributed by atoms with Crippen molar-refractivity contribution in [1.82, 2.24) is 24.8 Å². The van der Waals surface area contributed by atoms with Crippen molar-refractivity contribution in [2.24, 2.45) is 0 Å². The largest absolute Gasteiger partial charge is 0.497 e. The van der Waals surface area contributed by atoms with Gasteiger partial charge in [0, 0.05) is 31.7 Å². The van der Waals surface area contributed by atoms with E-state index in [0.29, 0.717) is 11.7 Å². The average Bonchev–Trinajstić information content (AvgIpc) is 3.24. The minimum absolute atomic E-state index is 0.638. The molecule has 2 aromatic rings. The van der Waals surface area contributed by atoms with Gasteiger partial charge in [-0.1, -0.05) is 11.6 Å². The van der Waals surface area contributed by atoms with Crippen molar-refractivity contribution in [3.63, 3.8) is 0 Å². The first-order valence-electron chi connectivity index (χ1n) is 10.9. The lowest BCUT2D eigenvalue weighted by Crippen LogP contribution is -2.46. The van der Waals surface area contributed by atoms with Crippen molar-refractivity contribution in [1.29, 1.82) is 0 Å². The normalized spacial score (nSPS) is 19.5. The fourth-order valence-corrected chi connectivity index (χ4v) is 4.24. The molecule has 0 saturated carbocycles. The number of nitrogens with zero attached hydrogens (tertiary/aromatic N) is 5. The van der Waals surface area contributed by atoms with Crippen LogP contribution in [0.1, 0.15) is 31.6 Å². The molecule has 29 heavy (non-hydrogen) atoms. The third kappa shape index (κ3) is 5.78. The maximum absolute atomic E-state index is 5.48. The van der Waals surface area contributed by atoms with E-state index < -0.39 is 0 Å². The Bertz CT molecular complexity index is 734. The maximum Gasteiger partial charge on any atom is 0.241 e. The van der Waals surface area contributed by atoms with E-state index >= 15 is 0 Å². The quantitative estimate of drug-likeness (QED) is 0.676. The molecule has 0 amide bonds. The fourth-order valence-electron chi connectivity index (χ4n) is 4.24. The fraction of sp³-hybridized carbons (Fsp3) is 0.636. The molecule has 0 bridgehead atoms. The Morgan fingerprint density at radius 2 is 1.52 bits per heavy atom. The number of methoxy groups -OCH3 is 1. The molecule has 1 aromatic carbocycles. The van der Waals surface area contributed by atoms with Crippen molar-refractivity contribution in [3.8, 4) is 17.1 Å². The van der Waals surface area contributed by atoms with Gasteiger partial charge >= 0.3 is 0 Å². The summed E-state index contributed by atoms with van der Waals surface area (Å²) < 4.78 is 10.7. The summed E-state index contributed by atoms with van der Waals surface area (Å²) in [5.74, 6) is 2.15. The van der Waals surface area contributed by atoms with E-state index in [1.54, 1.807) is 7.11 Å². The van der Waals surface area contributed by atoms with E-state index in [2.05, 4.69) is 24.8 Å².